The standard InChI is InChI=1S/C17H21NO2S/c1-13-4-3-5-16(8-13)11-21(19,20)12-17-7-6-15(10-18)9-14(17)2/h3-9H,10-12,18H2,1-2H3. The predicted molar refractivity (Wildman–Crippen MR) is 86.6 cm³/mol. The summed E-state index contributed by atoms with van der Waals surface area (Å²) < 4.78 is 24.7. The Morgan fingerprint density at radius 2 is 1.71 bits per heavy atom. The molecule has 21 heavy (non-hydrogen) atoms. The second-order valence-electron chi connectivity index (χ2n) is 5.49. The summed E-state index contributed by atoms with van der Waals surface area (Å²) in [6.45, 7) is 4.36. The van der Waals surface area contributed by atoms with Crippen molar-refractivity contribution in [2.45, 2.75) is 31.9 Å². The maximum Gasteiger partial charge on any atom is 0.158 e. The summed E-state index contributed by atoms with van der Waals surface area (Å²) in [5, 5.41) is 0. The van der Waals surface area contributed by atoms with Crippen molar-refractivity contribution in [2.75, 3.05) is 0 Å². The van der Waals surface area contributed by atoms with Crippen molar-refractivity contribution in [3.8, 4) is 0 Å². The fourth-order valence-electron chi connectivity index (χ4n) is 2.39. The lowest BCUT2D eigenvalue weighted by molar-refractivity contribution is 0.594. The average molecular weight is 303 g/mol. The molecule has 0 fully saturated rings. The van der Waals surface area contributed by atoms with Gasteiger partial charge in [0, 0.05) is 6.54 Å². The first-order valence-electron chi connectivity index (χ1n) is 6.94. The Bertz CT molecular complexity index is 736. The third kappa shape index (κ3) is 4.41. The van der Waals surface area contributed by atoms with Gasteiger partial charge in [0.2, 0.25) is 0 Å². The monoisotopic (exact) mass is 303 g/mol. The molecule has 0 saturated carbocycles. The SMILES string of the molecule is Cc1cccc(CS(=O)(=O)Cc2ccc(CN)cc2C)c1. The fraction of sp³-hybridized carbons (Fsp3) is 0.294. The van der Waals surface area contributed by atoms with Crippen LogP contribution in [0.15, 0.2) is 42.5 Å². The van der Waals surface area contributed by atoms with Gasteiger partial charge in [-0.15, -0.1) is 0 Å². The Kier molecular flexibility index (Phi) is 4.80. The Balaban J connectivity index is 2.18. The summed E-state index contributed by atoms with van der Waals surface area (Å²) in [6, 6.07) is 13.3. The van der Waals surface area contributed by atoms with E-state index in [2.05, 4.69) is 0 Å². The topological polar surface area (TPSA) is 60.2 Å². The molecule has 4 heteroatoms. The van der Waals surface area contributed by atoms with Crippen LogP contribution in [0.4, 0.5) is 0 Å². The van der Waals surface area contributed by atoms with E-state index in [0.717, 1.165) is 27.8 Å². The minimum atomic E-state index is -3.18. The summed E-state index contributed by atoms with van der Waals surface area (Å²) in [7, 11) is -3.18. The summed E-state index contributed by atoms with van der Waals surface area (Å²) in [4.78, 5) is 0. The Morgan fingerprint density at radius 1 is 0.952 bits per heavy atom. The van der Waals surface area contributed by atoms with Crippen molar-refractivity contribution in [1.29, 1.82) is 0 Å². The second kappa shape index (κ2) is 6.41. The summed E-state index contributed by atoms with van der Waals surface area (Å²) >= 11 is 0. The maximum atomic E-state index is 12.4. The molecular weight excluding hydrogens is 282 g/mol. The van der Waals surface area contributed by atoms with E-state index >= 15 is 0 Å². The lowest BCUT2D eigenvalue weighted by Gasteiger charge is -2.09. The van der Waals surface area contributed by atoms with Gasteiger partial charge in [0.15, 0.2) is 9.84 Å². The van der Waals surface area contributed by atoms with Crippen molar-refractivity contribution >= 4 is 9.84 Å². The molecule has 0 radical (unpaired) electrons. The first-order valence-corrected chi connectivity index (χ1v) is 8.76. The molecule has 2 rings (SSSR count). The maximum absolute atomic E-state index is 12.4. The quantitative estimate of drug-likeness (QED) is 0.924. The Hall–Kier alpha value is -1.65. The number of rotatable bonds is 5. The van der Waals surface area contributed by atoms with Crippen molar-refractivity contribution in [2.24, 2.45) is 5.73 Å². The van der Waals surface area contributed by atoms with E-state index in [4.69, 9.17) is 5.73 Å². The zero-order valence-corrected chi connectivity index (χ0v) is 13.3. The highest BCUT2D eigenvalue weighted by atomic mass is 32.2. The van der Waals surface area contributed by atoms with E-state index in [0.29, 0.717) is 6.54 Å². The van der Waals surface area contributed by atoms with Gasteiger partial charge < -0.3 is 5.73 Å². The molecule has 0 spiro atoms. The minimum absolute atomic E-state index is 0.0671. The van der Waals surface area contributed by atoms with E-state index in [9.17, 15) is 8.42 Å². The largest absolute Gasteiger partial charge is 0.326 e. The molecule has 0 atom stereocenters. The molecule has 0 bridgehead atoms. The predicted octanol–water partition coefficient (Wildman–Crippen LogP) is 2.88. The van der Waals surface area contributed by atoms with Crippen LogP contribution >= 0.6 is 0 Å². The molecule has 0 amide bonds. The van der Waals surface area contributed by atoms with Gasteiger partial charge in [-0.3, -0.25) is 0 Å². The molecule has 112 valence electrons. The minimum Gasteiger partial charge on any atom is -0.326 e. The number of hydrogen-bond donors (Lipinski definition) is 1. The van der Waals surface area contributed by atoms with E-state index in [-0.39, 0.29) is 11.5 Å². The summed E-state index contributed by atoms with van der Waals surface area (Å²) in [5.74, 6) is 0.143. The van der Waals surface area contributed by atoms with Gasteiger partial charge in [-0.25, -0.2) is 8.42 Å². The molecule has 0 aliphatic heterocycles. The molecule has 0 aliphatic carbocycles. The number of aryl methyl sites for hydroxylation is 2. The molecule has 2 aromatic carbocycles. The van der Waals surface area contributed by atoms with Crippen molar-refractivity contribution in [3.05, 3.63) is 70.3 Å². The third-order valence-electron chi connectivity index (χ3n) is 3.49. The Morgan fingerprint density at radius 3 is 2.33 bits per heavy atom. The fourth-order valence-corrected chi connectivity index (χ4v) is 3.98. The first kappa shape index (κ1) is 15.7. The molecule has 2 aromatic rings. The van der Waals surface area contributed by atoms with Crippen molar-refractivity contribution in [3.63, 3.8) is 0 Å². The number of benzene rings is 2. The highest BCUT2D eigenvalue weighted by Gasteiger charge is 2.14. The first-order chi connectivity index (χ1) is 9.89. The van der Waals surface area contributed by atoms with Crippen molar-refractivity contribution < 1.29 is 8.42 Å². The molecule has 0 aliphatic rings. The van der Waals surface area contributed by atoms with Crippen LogP contribution in [-0.2, 0) is 27.9 Å². The van der Waals surface area contributed by atoms with Crippen LogP contribution < -0.4 is 5.73 Å². The van der Waals surface area contributed by atoms with Crippen LogP contribution in [0.5, 0.6) is 0 Å². The van der Waals surface area contributed by atoms with Gasteiger partial charge in [0.1, 0.15) is 0 Å². The molecule has 0 unspecified atom stereocenters. The van der Waals surface area contributed by atoms with E-state index in [1.54, 1.807) is 0 Å². The van der Waals surface area contributed by atoms with Crippen LogP contribution in [0.2, 0.25) is 0 Å². The zero-order valence-electron chi connectivity index (χ0n) is 12.5. The third-order valence-corrected chi connectivity index (χ3v) is 5.01. The van der Waals surface area contributed by atoms with E-state index in [1.807, 2.05) is 56.3 Å². The molecule has 3 nitrogen and oxygen atoms in total. The van der Waals surface area contributed by atoms with Gasteiger partial charge in [-0.2, -0.15) is 0 Å². The molecule has 2 N–H and O–H groups in total. The highest BCUT2D eigenvalue weighted by molar-refractivity contribution is 7.89. The Labute approximate surface area is 126 Å². The second-order valence-corrected chi connectivity index (χ2v) is 7.55. The van der Waals surface area contributed by atoms with Crippen LogP contribution in [0.3, 0.4) is 0 Å². The zero-order chi connectivity index (χ0) is 15.5. The molecule has 0 heterocycles. The van der Waals surface area contributed by atoms with E-state index < -0.39 is 9.84 Å². The lowest BCUT2D eigenvalue weighted by atomic mass is 10.1. The van der Waals surface area contributed by atoms with Crippen LogP contribution in [0, 0.1) is 13.8 Å². The van der Waals surface area contributed by atoms with Crippen LogP contribution in [-0.4, -0.2) is 8.42 Å². The van der Waals surface area contributed by atoms with Gasteiger partial charge >= 0.3 is 0 Å². The smallest absolute Gasteiger partial charge is 0.158 e. The number of nitrogens with two attached hydrogens (primary N) is 1. The normalized spacial score (nSPS) is 11.6. The van der Waals surface area contributed by atoms with Gasteiger partial charge in [0.05, 0.1) is 11.5 Å². The molecular formula is C17H21NO2S. The molecule has 0 saturated heterocycles. The number of sulfone groups is 1. The average Bonchev–Trinajstić information content (AvgIpc) is 2.40. The van der Waals surface area contributed by atoms with Crippen LogP contribution in [0.25, 0.3) is 0 Å². The van der Waals surface area contributed by atoms with Crippen LogP contribution in [0.1, 0.15) is 27.8 Å². The number of hydrogen-bond acceptors (Lipinski definition) is 3. The van der Waals surface area contributed by atoms with Crippen molar-refractivity contribution in [1.82, 2.24) is 0 Å². The highest BCUT2D eigenvalue weighted by Crippen LogP contribution is 2.17. The van der Waals surface area contributed by atoms with E-state index in [1.165, 1.54) is 0 Å². The lowest BCUT2D eigenvalue weighted by Crippen LogP contribution is -2.09. The molecule has 0 aromatic heterocycles. The summed E-state index contributed by atoms with van der Waals surface area (Å²) in [6.07, 6.45) is 0. The van der Waals surface area contributed by atoms with Gasteiger partial charge in [-0.1, -0.05) is 48.0 Å². The van der Waals surface area contributed by atoms with Gasteiger partial charge in [-0.05, 0) is 36.1 Å². The summed E-state index contributed by atoms with van der Waals surface area (Å²) in [5.41, 5.74) is 10.4. The van der Waals surface area contributed by atoms with Gasteiger partial charge in [0.25, 0.3) is 0 Å².